The molecule has 0 bridgehead atoms. The zero-order valence-corrected chi connectivity index (χ0v) is 22.5. The van der Waals surface area contributed by atoms with Gasteiger partial charge >= 0.3 is 0 Å². The lowest BCUT2D eigenvalue weighted by atomic mass is 10.1. The van der Waals surface area contributed by atoms with Crippen LogP contribution in [0.5, 0.6) is 17.4 Å². The lowest BCUT2D eigenvalue weighted by molar-refractivity contribution is 0.0620. The number of rotatable bonds is 9. The fourth-order valence-electron chi connectivity index (χ4n) is 5.11. The van der Waals surface area contributed by atoms with E-state index in [0.717, 1.165) is 25.3 Å². The summed E-state index contributed by atoms with van der Waals surface area (Å²) >= 11 is 0. The molecule has 1 saturated carbocycles. The molecular formula is C29H32F2N4O5. The largest absolute Gasteiger partial charge is 0.494 e. The van der Waals surface area contributed by atoms with Crippen LogP contribution in [0.25, 0.3) is 5.69 Å². The predicted octanol–water partition coefficient (Wildman–Crippen LogP) is 3.53. The van der Waals surface area contributed by atoms with Crippen molar-refractivity contribution in [2.45, 2.75) is 32.2 Å². The quantitative estimate of drug-likeness (QED) is 0.432. The van der Waals surface area contributed by atoms with E-state index in [1.54, 1.807) is 18.2 Å². The maximum absolute atomic E-state index is 14.1. The molecule has 1 aliphatic carbocycles. The zero-order chi connectivity index (χ0) is 28.4. The van der Waals surface area contributed by atoms with E-state index in [0.29, 0.717) is 48.4 Å². The van der Waals surface area contributed by atoms with E-state index in [9.17, 15) is 23.5 Å². The van der Waals surface area contributed by atoms with Gasteiger partial charge in [0.25, 0.3) is 11.5 Å². The maximum atomic E-state index is 14.1. The van der Waals surface area contributed by atoms with E-state index in [-0.39, 0.29) is 25.2 Å². The number of hydrogen-bond acceptors (Lipinski definition) is 7. The average Bonchev–Trinajstić information content (AvgIpc) is 3.79. The number of amides is 1. The fraction of sp³-hybridized carbons (Fsp3) is 0.414. The number of para-hydroxylation sites is 1. The van der Waals surface area contributed by atoms with Gasteiger partial charge in [-0.2, -0.15) is 4.98 Å². The number of halogens is 2. The molecule has 2 aliphatic rings. The molecule has 1 aliphatic heterocycles. The summed E-state index contributed by atoms with van der Waals surface area (Å²) in [6, 6.07) is 9.18. The number of aromatic hydroxyl groups is 1. The van der Waals surface area contributed by atoms with Gasteiger partial charge in [-0.1, -0.05) is 31.0 Å². The Balaban J connectivity index is 1.44. The van der Waals surface area contributed by atoms with Crippen LogP contribution in [-0.4, -0.2) is 70.8 Å². The molecule has 2 aromatic carbocycles. The summed E-state index contributed by atoms with van der Waals surface area (Å²) in [6.07, 6.45) is 3.45. The number of carbonyl (C=O) groups excluding carboxylic acids is 1. The van der Waals surface area contributed by atoms with Crippen molar-refractivity contribution >= 4 is 5.91 Å². The first kappa shape index (κ1) is 27.6. The normalized spacial score (nSPS) is 15.8. The average molecular weight is 555 g/mol. The third-order valence-electron chi connectivity index (χ3n) is 7.54. The van der Waals surface area contributed by atoms with E-state index in [1.165, 1.54) is 35.8 Å². The molecule has 1 N–H and O–H groups in total. The Hall–Kier alpha value is -3.99. The van der Waals surface area contributed by atoms with Crippen molar-refractivity contribution in [1.82, 2.24) is 19.4 Å². The molecule has 0 atom stereocenters. The first-order chi connectivity index (χ1) is 19.3. The molecule has 0 spiro atoms. The van der Waals surface area contributed by atoms with Gasteiger partial charge < -0.3 is 19.5 Å². The Bertz CT molecular complexity index is 1440. The Labute approximate surface area is 230 Å². The summed E-state index contributed by atoms with van der Waals surface area (Å²) in [7, 11) is 2.97. The second kappa shape index (κ2) is 11.6. The Morgan fingerprint density at radius 2 is 1.68 bits per heavy atom. The highest BCUT2D eigenvalue weighted by Gasteiger charge is 2.32. The van der Waals surface area contributed by atoms with Gasteiger partial charge in [0.2, 0.25) is 5.88 Å². The third kappa shape index (κ3) is 5.51. The van der Waals surface area contributed by atoms with E-state index >= 15 is 0 Å². The van der Waals surface area contributed by atoms with Gasteiger partial charge in [0.1, 0.15) is 23.0 Å². The molecule has 212 valence electrons. The van der Waals surface area contributed by atoms with Crippen LogP contribution in [0.4, 0.5) is 8.78 Å². The predicted molar refractivity (Wildman–Crippen MR) is 143 cm³/mol. The Kier molecular flexibility index (Phi) is 8.02. The molecule has 0 unspecified atom stereocenters. The fourth-order valence-corrected chi connectivity index (χ4v) is 5.11. The van der Waals surface area contributed by atoms with Gasteiger partial charge in [-0.05, 0) is 30.5 Å². The van der Waals surface area contributed by atoms with E-state index in [1.807, 2.05) is 4.90 Å². The van der Waals surface area contributed by atoms with Crippen molar-refractivity contribution in [3.63, 3.8) is 0 Å². The molecule has 2 fully saturated rings. The van der Waals surface area contributed by atoms with Crippen LogP contribution in [0.2, 0.25) is 0 Å². The zero-order valence-electron chi connectivity index (χ0n) is 22.5. The second-order valence-corrected chi connectivity index (χ2v) is 10.1. The monoisotopic (exact) mass is 554 g/mol. The second-order valence-electron chi connectivity index (χ2n) is 10.1. The first-order valence-electron chi connectivity index (χ1n) is 13.3. The van der Waals surface area contributed by atoms with Gasteiger partial charge in [0.15, 0.2) is 17.2 Å². The lowest BCUT2D eigenvalue weighted by Crippen LogP contribution is -2.49. The highest BCUT2D eigenvalue weighted by atomic mass is 19.2. The molecule has 11 heteroatoms. The van der Waals surface area contributed by atoms with Gasteiger partial charge in [-0.15, -0.1) is 0 Å². The highest BCUT2D eigenvalue weighted by molar-refractivity contribution is 5.96. The summed E-state index contributed by atoms with van der Waals surface area (Å²) in [4.78, 5) is 34.4. The molecule has 1 amide bonds. The van der Waals surface area contributed by atoms with Gasteiger partial charge in [-0.3, -0.25) is 19.1 Å². The summed E-state index contributed by atoms with van der Waals surface area (Å²) in [5.41, 5.74) is -0.660. The van der Waals surface area contributed by atoms with Crippen molar-refractivity contribution < 1.29 is 28.2 Å². The standard InChI is InChI=1S/C29H32F2N4O5/c1-39-21-7-4-8-22(40-2)26(21)35-23(12-11-18-9-10-18)32-27(36)24(29(35)38)28(37)34-15-13-33(14-16-34)17-19-5-3-6-20(30)25(19)31/h3-8,18,38H,9-17H2,1-2H3. The molecule has 9 nitrogen and oxygen atoms in total. The summed E-state index contributed by atoms with van der Waals surface area (Å²) in [6.45, 7) is 1.41. The van der Waals surface area contributed by atoms with Crippen LogP contribution in [0, 0.1) is 17.6 Å². The van der Waals surface area contributed by atoms with Gasteiger partial charge in [0, 0.05) is 44.7 Å². The third-order valence-corrected chi connectivity index (χ3v) is 7.54. The first-order valence-corrected chi connectivity index (χ1v) is 13.3. The smallest absolute Gasteiger partial charge is 0.289 e. The number of aryl methyl sites for hydroxylation is 1. The molecule has 0 radical (unpaired) electrons. The van der Waals surface area contributed by atoms with Crippen LogP contribution in [0.15, 0.2) is 41.2 Å². The van der Waals surface area contributed by atoms with Crippen molar-refractivity contribution in [2.24, 2.45) is 5.92 Å². The minimum absolute atomic E-state index is 0.189. The molecule has 2 heterocycles. The van der Waals surface area contributed by atoms with Crippen LogP contribution in [-0.2, 0) is 13.0 Å². The van der Waals surface area contributed by atoms with Gasteiger partial charge in [-0.25, -0.2) is 8.78 Å². The summed E-state index contributed by atoms with van der Waals surface area (Å²) in [5, 5.41) is 11.5. The SMILES string of the molecule is COc1cccc(OC)c1-n1c(CCC2CC2)nc(=O)c(C(=O)N2CCN(Cc3cccc(F)c3F)CC2)c1O. The number of ether oxygens (including phenoxy) is 2. The Morgan fingerprint density at radius 3 is 2.30 bits per heavy atom. The lowest BCUT2D eigenvalue weighted by Gasteiger charge is -2.35. The summed E-state index contributed by atoms with van der Waals surface area (Å²) < 4.78 is 40.2. The molecule has 40 heavy (non-hydrogen) atoms. The van der Waals surface area contributed by atoms with Crippen molar-refractivity contribution in [3.05, 3.63) is 75.3 Å². The Morgan fingerprint density at radius 1 is 1.02 bits per heavy atom. The molecule has 1 aromatic heterocycles. The minimum Gasteiger partial charge on any atom is -0.494 e. The van der Waals surface area contributed by atoms with Crippen molar-refractivity contribution in [2.75, 3.05) is 40.4 Å². The number of nitrogens with zero attached hydrogens (tertiary/aromatic N) is 4. The van der Waals surface area contributed by atoms with E-state index < -0.39 is 34.5 Å². The minimum atomic E-state index is -0.905. The number of aromatic nitrogens is 2. The van der Waals surface area contributed by atoms with Crippen LogP contribution < -0.4 is 15.0 Å². The number of carbonyl (C=O) groups is 1. The van der Waals surface area contributed by atoms with Crippen molar-refractivity contribution in [1.29, 1.82) is 0 Å². The van der Waals surface area contributed by atoms with Gasteiger partial charge in [0.05, 0.1) is 14.2 Å². The maximum Gasteiger partial charge on any atom is 0.289 e. The number of methoxy groups -OCH3 is 2. The van der Waals surface area contributed by atoms with Crippen LogP contribution in [0.3, 0.4) is 0 Å². The molecule has 5 rings (SSSR count). The highest BCUT2D eigenvalue weighted by Crippen LogP contribution is 2.38. The number of piperazine rings is 1. The molecule has 1 saturated heterocycles. The number of hydrogen-bond donors (Lipinski definition) is 1. The van der Waals surface area contributed by atoms with E-state index in [4.69, 9.17) is 9.47 Å². The topological polar surface area (TPSA) is 97.1 Å². The van der Waals surface area contributed by atoms with E-state index in [2.05, 4.69) is 4.98 Å². The van der Waals surface area contributed by atoms with Crippen LogP contribution >= 0.6 is 0 Å². The van der Waals surface area contributed by atoms with Crippen LogP contribution in [0.1, 0.15) is 41.0 Å². The summed E-state index contributed by atoms with van der Waals surface area (Å²) in [5.74, 6) is -1.34. The van der Waals surface area contributed by atoms with Crippen molar-refractivity contribution in [3.8, 4) is 23.1 Å². The molecular weight excluding hydrogens is 522 g/mol. The molecule has 3 aromatic rings. The number of benzene rings is 2.